The van der Waals surface area contributed by atoms with Crippen LogP contribution in [0, 0.1) is 11.7 Å². The van der Waals surface area contributed by atoms with E-state index in [9.17, 15) is 18.8 Å². The number of ether oxygens (including phenoxy) is 1. The number of nitrogens with zero attached hydrogens (tertiary/aromatic N) is 1. The molecule has 2 aromatic rings. The van der Waals surface area contributed by atoms with Crippen LogP contribution in [0.15, 0.2) is 42.5 Å². The SMILES string of the molecule is COC(=O)c1ccc(Cl)c(NC(=O)C2CC(=O)N(c3cccc(F)c3)C2)c1. The average molecular weight is 391 g/mol. The molecule has 8 heteroatoms. The van der Waals surface area contributed by atoms with Gasteiger partial charge in [-0.15, -0.1) is 0 Å². The summed E-state index contributed by atoms with van der Waals surface area (Å²) in [6.07, 6.45) is -0.00332. The molecule has 1 fully saturated rings. The van der Waals surface area contributed by atoms with Gasteiger partial charge in [0.15, 0.2) is 0 Å². The number of hydrogen-bond acceptors (Lipinski definition) is 4. The third-order valence-electron chi connectivity index (χ3n) is 4.26. The summed E-state index contributed by atoms with van der Waals surface area (Å²) in [6, 6.07) is 10.0. The predicted molar refractivity (Wildman–Crippen MR) is 98.3 cm³/mol. The van der Waals surface area contributed by atoms with Crippen LogP contribution in [0.3, 0.4) is 0 Å². The molecule has 1 aliphatic heterocycles. The van der Waals surface area contributed by atoms with Crippen molar-refractivity contribution in [3.63, 3.8) is 0 Å². The Morgan fingerprint density at radius 2 is 2.04 bits per heavy atom. The van der Waals surface area contributed by atoms with E-state index >= 15 is 0 Å². The number of hydrogen-bond donors (Lipinski definition) is 1. The number of rotatable bonds is 4. The minimum Gasteiger partial charge on any atom is -0.465 e. The predicted octanol–water partition coefficient (Wildman–Crippen LogP) is 3.26. The lowest BCUT2D eigenvalue weighted by Gasteiger charge is -2.17. The van der Waals surface area contributed by atoms with Gasteiger partial charge in [-0.3, -0.25) is 9.59 Å². The largest absolute Gasteiger partial charge is 0.465 e. The number of benzene rings is 2. The molecular formula is C19H16ClFN2O4. The number of amides is 2. The van der Waals surface area contributed by atoms with Crippen LogP contribution in [0.25, 0.3) is 0 Å². The van der Waals surface area contributed by atoms with Crippen molar-refractivity contribution in [1.29, 1.82) is 0 Å². The molecule has 27 heavy (non-hydrogen) atoms. The number of halogens is 2. The first kappa shape index (κ1) is 18.8. The monoisotopic (exact) mass is 390 g/mol. The molecule has 2 aromatic carbocycles. The zero-order valence-corrected chi connectivity index (χ0v) is 15.1. The van der Waals surface area contributed by atoms with E-state index < -0.39 is 23.6 Å². The summed E-state index contributed by atoms with van der Waals surface area (Å²) < 4.78 is 18.0. The number of anilines is 2. The van der Waals surface area contributed by atoms with Crippen LogP contribution < -0.4 is 10.2 Å². The van der Waals surface area contributed by atoms with Gasteiger partial charge in [0.1, 0.15) is 5.82 Å². The second kappa shape index (κ2) is 7.75. The van der Waals surface area contributed by atoms with E-state index in [0.29, 0.717) is 5.69 Å². The quantitative estimate of drug-likeness (QED) is 0.813. The van der Waals surface area contributed by atoms with Gasteiger partial charge >= 0.3 is 5.97 Å². The summed E-state index contributed by atoms with van der Waals surface area (Å²) in [6.45, 7) is 0.127. The van der Waals surface area contributed by atoms with Crippen LogP contribution in [-0.4, -0.2) is 31.4 Å². The van der Waals surface area contributed by atoms with Gasteiger partial charge < -0.3 is 15.0 Å². The fourth-order valence-corrected chi connectivity index (χ4v) is 3.04. The first-order valence-electron chi connectivity index (χ1n) is 8.13. The van der Waals surface area contributed by atoms with Crippen molar-refractivity contribution in [2.45, 2.75) is 6.42 Å². The van der Waals surface area contributed by atoms with E-state index in [1.807, 2.05) is 0 Å². The molecule has 1 N–H and O–H groups in total. The van der Waals surface area contributed by atoms with Crippen LogP contribution in [-0.2, 0) is 14.3 Å². The fraction of sp³-hybridized carbons (Fsp3) is 0.211. The maximum Gasteiger partial charge on any atom is 0.337 e. The fourth-order valence-electron chi connectivity index (χ4n) is 2.88. The van der Waals surface area contributed by atoms with Crippen molar-refractivity contribution in [2.24, 2.45) is 5.92 Å². The zero-order chi connectivity index (χ0) is 19.6. The van der Waals surface area contributed by atoms with Crippen molar-refractivity contribution in [3.8, 4) is 0 Å². The molecule has 1 unspecified atom stereocenters. The molecule has 0 bridgehead atoms. The molecule has 140 valence electrons. The number of carbonyl (C=O) groups excluding carboxylic acids is 3. The normalized spacial score (nSPS) is 16.3. The second-order valence-corrected chi connectivity index (χ2v) is 6.47. The van der Waals surface area contributed by atoms with E-state index in [2.05, 4.69) is 10.1 Å². The lowest BCUT2D eigenvalue weighted by Crippen LogP contribution is -2.28. The zero-order valence-electron chi connectivity index (χ0n) is 14.4. The first-order chi connectivity index (χ1) is 12.9. The number of methoxy groups -OCH3 is 1. The number of nitrogens with one attached hydrogen (secondary N) is 1. The summed E-state index contributed by atoms with van der Waals surface area (Å²) in [7, 11) is 1.25. The van der Waals surface area contributed by atoms with Gasteiger partial charge in [-0.05, 0) is 36.4 Å². The molecule has 1 heterocycles. The Balaban J connectivity index is 1.74. The van der Waals surface area contributed by atoms with Gasteiger partial charge in [-0.25, -0.2) is 9.18 Å². The average Bonchev–Trinajstić information content (AvgIpc) is 3.04. The van der Waals surface area contributed by atoms with E-state index in [1.54, 1.807) is 6.07 Å². The standard InChI is InChI=1S/C19H16ClFN2O4/c1-27-19(26)11-5-6-15(20)16(7-11)22-18(25)12-8-17(24)23(10-12)14-4-2-3-13(21)9-14/h2-7,9,12H,8,10H2,1H3,(H,22,25). The lowest BCUT2D eigenvalue weighted by molar-refractivity contribution is -0.122. The van der Waals surface area contributed by atoms with Crippen LogP contribution in [0.5, 0.6) is 0 Å². The summed E-state index contributed by atoms with van der Waals surface area (Å²) in [4.78, 5) is 37.8. The van der Waals surface area contributed by atoms with Crippen LogP contribution >= 0.6 is 11.6 Å². The van der Waals surface area contributed by atoms with E-state index in [-0.39, 0.29) is 35.1 Å². The number of esters is 1. The maximum atomic E-state index is 13.4. The molecule has 0 spiro atoms. The minimum atomic E-state index is -0.626. The van der Waals surface area contributed by atoms with Crippen molar-refractivity contribution in [1.82, 2.24) is 0 Å². The molecule has 2 amide bonds. The van der Waals surface area contributed by atoms with E-state index in [1.165, 1.54) is 48.4 Å². The molecule has 0 aromatic heterocycles. The Morgan fingerprint density at radius 1 is 1.26 bits per heavy atom. The van der Waals surface area contributed by atoms with Crippen LogP contribution in [0.1, 0.15) is 16.8 Å². The number of carbonyl (C=O) groups is 3. The van der Waals surface area contributed by atoms with Gasteiger partial charge in [0, 0.05) is 18.7 Å². The molecule has 0 radical (unpaired) electrons. The minimum absolute atomic E-state index is 0.00332. The molecule has 1 saturated heterocycles. The lowest BCUT2D eigenvalue weighted by atomic mass is 10.1. The Bertz CT molecular complexity index is 918. The molecule has 0 saturated carbocycles. The molecule has 1 atom stereocenters. The Labute approximate surface area is 159 Å². The van der Waals surface area contributed by atoms with E-state index in [0.717, 1.165) is 0 Å². The Kier molecular flexibility index (Phi) is 5.41. The van der Waals surface area contributed by atoms with Crippen molar-refractivity contribution in [2.75, 3.05) is 23.9 Å². The van der Waals surface area contributed by atoms with Gasteiger partial charge in [0.05, 0.1) is 29.3 Å². The van der Waals surface area contributed by atoms with Crippen molar-refractivity contribution >= 4 is 40.8 Å². The van der Waals surface area contributed by atoms with Crippen LogP contribution in [0.2, 0.25) is 5.02 Å². The van der Waals surface area contributed by atoms with Gasteiger partial charge in [0.2, 0.25) is 11.8 Å². The topological polar surface area (TPSA) is 75.7 Å². The van der Waals surface area contributed by atoms with Gasteiger partial charge in [-0.1, -0.05) is 17.7 Å². The second-order valence-electron chi connectivity index (χ2n) is 6.06. The third-order valence-corrected chi connectivity index (χ3v) is 4.59. The van der Waals surface area contributed by atoms with E-state index in [4.69, 9.17) is 11.6 Å². The van der Waals surface area contributed by atoms with Crippen molar-refractivity contribution in [3.05, 3.63) is 58.9 Å². The summed E-state index contributed by atoms with van der Waals surface area (Å²) in [5.41, 5.74) is 0.892. The molecule has 3 rings (SSSR count). The first-order valence-corrected chi connectivity index (χ1v) is 8.51. The van der Waals surface area contributed by atoms with Crippen LogP contribution in [0.4, 0.5) is 15.8 Å². The third kappa shape index (κ3) is 4.09. The highest BCUT2D eigenvalue weighted by Crippen LogP contribution is 2.28. The van der Waals surface area contributed by atoms with Gasteiger partial charge in [0.25, 0.3) is 0 Å². The summed E-state index contributed by atoms with van der Waals surface area (Å²) >= 11 is 6.08. The highest BCUT2D eigenvalue weighted by Gasteiger charge is 2.35. The Morgan fingerprint density at radius 3 is 2.74 bits per heavy atom. The van der Waals surface area contributed by atoms with Gasteiger partial charge in [-0.2, -0.15) is 0 Å². The molecular weight excluding hydrogens is 375 g/mol. The molecule has 0 aliphatic carbocycles. The highest BCUT2D eigenvalue weighted by molar-refractivity contribution is 6.34. The smallest absolute Gasteiger partial charge is 0.337 e. The maximum absolute atomic E-state index is 13.4. The molecule has 1 aliphatic rings. The summed E-state index contributed by atoms with van der Waals surface area (Å²) in [5.74, 6) is -2.32. The summed E-state index contributed by atoms with van der Waals surface area (Å²) in [5, 5.41) is 2.90. The Hall–Kier alpha value is -2.93. The molecule has 6 nitrogen and oxygen atoms in total. The van der Waals surface area contributed by atoms with Crippen molar-refractivity contribution < 1.29 is 23.5 Å². The highest BCUT2D eigenvalue weighted by atomic mass is 35.5.